The van der Waals surface area contributed by atoms with Crippen LogP contribution in [-0.4, -0.2) is 17.1 Å². The Morgan fingerprint density at radius 3 is 2.90 bits per heavy atom. The third kappa shape index (κ3) is 2.58. The van der Waals surface area contributed by atoms with Gasteiger partial charge in [-0.05, 0) is 37.3 Å². The van der Waals surface area contributed by atoms with Crippen molar-refractivity contribution in [2.24, 2.45) is 0 Å². The van der Waals surface area contributed by atoms with Gasteiger partial charge in [-0.15, -0.1) is 0 Å². The minimum atomic E-state index is 0.124. The van der Waals surface area contributed by atoms with Crippen LogP contribution in [0.1, 0.15) is 18.7 Å². The molecule has 0 aliphatic heterocycles. The number of anilines is 1. The van der Waals surface area contributed by atoms with Crippen LogP contribution < -0.4 is 10.1 Å². The van der Waals surface area contributed by atoms with Gasteiger partial charge in [-0.25, -0.2) is 4.98 Å². The summed E-state index contributed by atoms with van der Waals surface area (Å²) in [6.07, 6.45) is 1.80. The Kier molecular flexibility index (Phi) is 3.52. The quantitative estimate of drug-likeness (QED) is 0.790. The van der Waals surface area contributed by atoms with E-state index in [0.29, 0.717) is 0 Å². The maximum absolute atomic E-state index is 5.23. The van der Waals surface area contributed by atoms with E-state index in [9.17, 15) is 0 Å². The van der Waals surface area contributed by atoms with Gasteiger partial charge in [0, 0.05) is 6.20 Å². The molecule has 0 amide bonds. The fourth-order valence-electron chi connectivity index (χ4n) is 1.98. The first-order chi connectivity index (χ1) is 9.76. The van der Waals surface area contributed by atoms with Crippen molar-refractivity contribution in [3.63, 3.8) is 0 Å². The Bertz CT molecular complexity index is 711. The third-order valence-electron chi connectivity index (χ3n) is 3.07. The van der Waals surface area contributed by atoms with Gasteiger partial charge in [-0.3, -0.25) is 4.98 Å². The molecule has 0 saturated heterocycles. The molecule has 0 aliphatic rings. The average Bonchev–Trinajstić information content (AvgIpc) is 2.89. The number of benzene rings is 1. The van der Waals surface area contributed by atoms with E-state index in [1.54, 1.807) is 24.6 Å². The number of pyridine rings is 1. The highest BCUT2D eigenvalue weighted by atomic mass is 32.1. The van der Waals surface area contributed by atoms with Crippen LogP contribution in [0.3, 0.4) is 0 Å². The van der Waals surface area contributed by atoms with E-state index in [1.807, 2.05) is 36.4 Å². The lowest BCUT2D eigenvalue weighted by Crippen LogP contribution is -2.07. The zero-order valence-electron chi connectivity index (χ0n) is 11.3. The molecule has 1 atom stereocenters. The number of nitrogens with one attached hydrogen (secondary N) is 1. The summed E-state index contributed by atoms with van der Waals surface area (Å²) >= 11 is 1.62. The van der Waals surface area contributed by atoms with Crippen molar-refractivity contribution in [3.8, 4) is 5.75 Å². The molecular formula is C15H15N3OS. The maximum Gasteiger partial charge on any atom is 0.184 e. The molecule has 0 fully saturated rings. The fourth-order valence-corrected chi connectivity index (χ4v) is 2.97. The first-order valence-corrected chi connectivity index (χ1v) is 7.20. The van der Waals surface area contributed by atoms with Crippen molar-refractivity contribution in [1.82, 2.24) is 9.97 Å². The minimum absolute atomic E-state index is 0.124. The second-order valence-corrected chi connectivity index (χ2v) is 5.50. The normalized spacial score (nSPS) is 12.3. The molecule has 5 heteroatoms. The zero-order valence-corrected chi connectivity index (χ0v) is 12.1. The monoisotopic (exact) mass is 285 g/mol. The number of hydrogen-bond donors (Lipinski definition) is 1. The molecule has 2 heterocycles. The van der Waals surface area contributed by atoms with E-state index in [1.165, 1.54) is 0 Å². The van der Waals surface area contributed by atoms with Gasteiger partial charge >= 0.3 is 0 Å². The lowest BCUT2D eigenvalue weighted by molar-refractivity contribution is 0.415. The van der Waals surface area contributed by atoms with Crippen molar-refractivity contribution < 1.29 is 4.74 Å². The number of fused-ring (bicyclic) bond motifs is 1. The molecule has 2 aromatic heterocycles. The van der Waals surface area contributed by atoms with Crippen LogP contribution in [0.15, 0.2) is 42.6 Å². The number of methoxy groups -OCH3 is 1. The Hall–Kier alpha value is -2.14. The van der Waals surface area contributed by atoms with Crippen LogP contribution >= 0.6 is 11.3 Å². The minimum Gasteiger partial charge on any atom is -0.497 e. The molecule has 20 heavy (non-hydrogen) atoms. The van der Waals surface area contributed by atoms with Crippen molar-refractivity contribution in [2.75, 3.05) is 12.4 Å². The summed E-state index contributed by atoms with van der Waals surface area (Å²) in [6.45, 7) is 2.08. The topological polar surface area (TPSA) is 47.0 Å². The molecular weight excluding hydrogens is 270 g/mol. The fraction of sp³-hybridized carbons (Fsp3) is 0.200. The zero-order chi connectivity index (χ0) is 13.9. The van der Waals surface area contributed by atoms with E-state index >= 15 is 0 Å². The molecule has 0 radical (unpaired) electrons. The van der Waals surface area contributed by atoms with E-state index < -0.39 is 0 Å². The van der Waals surface area contributed by atoms with Crippen LogP contribution in [-0.2, 0) is 0 Å². The Morgan fingerprint density at radius 1 is 1.25 bits per heavy atom. The lowest BCUT2D eigenvalue weighted by atomic mass is 10.2. The highest BCUT2D eigenvalue weighted by molar-refractivity contribution is 7.22. The summed E-state index contributed by atoms with van der Waals surface area (Å²) in [5, 5.41) is 4.28. The molecule has 1 aromatic carbocycles. The average molecular weight is 285 g/mol. The first-order valence-electron chi connectivity index (χ1n) is 6.38. The number of thiazole rings is 1. The van der Waals surface area contributed by atoms with Crippen LogP contribution in [0.5, 0.6) is 5.75 Å². The number of aromatic nitrogens is 2. The van der Waals surface area contributed by atoms with Crippen molar-refractivity contribution >= 4 is 26.7 Å². The summed E-state index contributed by atoms with van der Waals surface area (Å²) in [4.78, 5) is 8.93. The van der Waals surface area contributed by atoms with Gasteiger partial charge in [0.05, 0.1) is 29.1 Å². The predicted molar refractivity (Wildman–Crippen MR) is 82.4 cm³/mol. The van der Waals surface area contributed by atoms with Gasteiger partial charge < -0.3 is 10.1 Å². The largest absolute Gasteiger partial charge is 0.497 e. The molecule has 0 aliphatic carbocycles. The van der Waals surface area contributed by atoms with Gasteiger partial charge in [0.25, 0.3) is 0 Å². The summed E-state index contributed by atoms with van der Waals surface area (Å²) in [5.74, 6) is 0.852. The van der Waals surface area contributed by atoms with E-state index in [4.69, 9.17) is 4.74 Å². The third-order valence-corrected chi connectivity index (χ3v) is 4.02. The second-order valence-electron chi connectivity index (χ2n) is 4.47. The summed E-state index contributed by atoms with van der Waals surface area (Å²) < 4.78 is 6.34. The first kappa shape index (κ1) is 12.9. The Morgan fingerprint density at radius 2 is 2.15 bits per heavy atom. The number of rotatable bonds is 4. The molecule has 102 valence electrons. The molecule has 3 aromatic rings. The van der Waals surface area contributed by atoms with Gasteiger partial charge in [-0.1, -0.05) is 17.4 Å². The van der Waals surface area contributed by atoms with E-state index in [2.05, 4.69) is 22.2 Å². The highest BCUT2D eigenvalue weighted by Crippen LogP contribution is 2.30. The summed E-state index contributed by atoms with van der Waals surface area (Å²) in [7, 11) is 1.67. The van der Waals surface area contributed by atoms with Gasteiger partial charge in [-0.2, -0.15) is 0 Å². The highest BCUT2D eigenvalue weighted by Gasteiger charge is 2.10. The van der Waals surface area contributed by atoms with E-state index in [0.717, 1.165) is 26.8 Å². The van der Waals surface area contributed by atoms with Gasteiger partial charge in [0.2, 0.25) is 0 Å². The number of nitrogens with zero attached hydrogens (tertiary/aromatic N) is 2. The van der Waals surface area contributed by atoms with Crippen molar-refractivity contribution in [2.45, 2.75) is 13.0 Å². The van der Waals surface area contributed by atoms with Crippen molar-refractivity contribution in [1.29, 1.82) is 0 Å². The maximum atomic E-state index is 5.23. The molecule has 0 saturated carbocycles. The molecule has 1 N–H and O–H groups in total. The number of ether oxygens (including phenoxy) is 1. The van der Waals surface area contributed by atoms with Crippen LogP contribution in [0, 0.1) is 0 Å². The molecule has 0 spiro atoms. The summed E-state index contributed by atoms with van der Waals surface area (Å²) in [5.41, 5.74) is 1.98. The van der Waals surface area contributed by atoms with Crippen LogP contribution in [0.25, 0.3) is 10.2 Å². The number of hydrogen-bond acceptors (Lipinski definition) is 5. The van der Waals surface area contributed by atoms with Crippen LogP contribution in [0.2, 0.25) is 0 Å². The molecule has 3 rings (SSSR count). The molecule has 1 unspecified atom stereocenters. The Labute approximate surface area is 121 Å². The smallest absolute Gasteiger partial charge is 0.184 e. The molecule has 4 nitrogen and oxygen atoms in total. The van der Waals surface area contributed by atoms with Gasteiger partial charge in [0.1, 0.15) is 5.75 Å². The standard InChI is InChI=1S/C15H15N3OS/c1-10(12-5-3-4-8-16-12)17-15-18-13-7-6-11(19-2)9-14(13)20-15/h3-10H,1-2H3,(H,17,18). The second kappa shape index (κ2) is 5.46. The summed E-state index contributed by atoms with van der Waals surface area (Å²) in [6, 6.07) is 11.9. The molecule has 0 bridgehead atoms. The Balaban J connectivity index is 1.84. The van der Waals surface area contributed by atoms with Crippen LogP contribution in [0.4, 0.5) is 5.13 Å². The SMILES string of the molecule is COc1ccc2nc(NC(C)c3ccccn3)sc2c1. The van der Waals surface area contributed by atoms with Gasteiger partial charge in [0.15, 0.2) is 5.13 Å². The predicted octanol–water partition coefficient (Wildman–Crippen LogP) is 3.87. The van der Waals surface area contributed by atoms with Crippen molar-refractivity contribution in [3.05, 3.63) is 48.3 Å². The van der Waals surface area contributed by atoms with E-state index in [-0.39, 0.29) is 6.04 Å². The lowest BCUT2D eigenvalue weighted by Gasteiger charge is -2.11.